The summed E-state index contributed by atoms with van der Waals surface area (Å²) in [6.45, 7) is 5.93. The molecule has 0 aliphatic rings. The van der Waals surface area contributed by atoms with Gasteiger partial charge in [-0.3, -0.25) is 0 Å². The van der Waals surface area contributed by atoms with Gasteiger partial charge in [-0.2, -0.15) is 0 Å². The first kappa shape index (κ1) is 9.08. The molecule has 0 saturated heterocycles. The number of benzene rings is 1. The Kier molecular flexibility index (Phi) is 2.97. The molecule has 0 aliphatic heterocycles. The van der Waals surface area contributed by atoms with Gasteiger partial charge in [-0.05, 0) is 36.6 Å². The van der Waals surface area contributed by atoms with E-state index in [4.69, 9.17) is 11.6 Å². The van der Waals surface area contributed by atoms with Gasteiger partial charge in [0.2, 0.25) is 0 Å². The minimum Gasteiger partial charge on any atom is -0.0840 e. The summed E-state index contributed by atoms with van der Waals surface area (Å²) in [7, 11) is 0. The van der Waals surface area contributed by atoms with E-state index in [1.807, 2.05) is 25.1 Å². The van der Waals surface area contributed by atoms with E-state index in [1.165, 1.54) is 0 Å². The Morgan fingerprint density at radius 2 is 2.18 bits per heavy atom. The largest absolute Gasteiger partial charge is 0.0840 e. The molecule has 1 aromatic carbocycles. The maximum atomic E-state index is 5.93. The smallest absolute Gasteiger partial charge is 0.0441 e. The van der Waals surface area contributed by atoms with Gasteiger partial charge in [-0.25, -0.2) is 0 Å². The predicted octanol–water partition coefficient (Wildman–Crippen LogP) is 4.04. The summed E-state index contributed by atoms with van der Waals surface area (Å²) < 4.78 is 1.05. The molecular weight excluding hydrogens is 223 g/mol. The van der Waals surface area contributed by atoms with E-state index >= 15 is 0 Å². The van der Waals surface area contributed by atoms with Crippen LogP contribution in [-0.4, -0.2) is 0 Å². The lowest BCUT2D eigenvalue weighted by Gasteiger charge is -2.07. The van der Waals surface area contributed by atoms with Crippen molar-refractivity contribution >= 4 is 27.5 Å². The van der Waals surface area contributed by atoms with E-state index in [-0.39, 0.29) is 5.92 Å². The zero-order valence-electron chi connectivity index (χ0n) is 6.27. The molecule has 59 valence electrons. The van der Waals surface area contributed by atoms with Crippen LogP contribution in [-0.2, 0) is 0 Å². The van der Waals surface area contributed by atoms with Gasteiger partial charge in [0.05, 0.1) is 0 Å². The lowest BCUT2D eigenvalue weighted by atomic mass is 10.0. The first-order valence-corrected chi connectivity index (χ1v) is 4.56. The third-order valence-corrected chi connectivity index (χ3v) is 2.33. The first-order chi connectivity index (χ1) is 5.11. The molecule has 0 nitrogen and oxygen atoms in total. The van der Waals surface area contributed by atoms with Crippen LogP contribution in [0.3, 0.4) is 0 Å². The van der Waals surface area contributed by atoms with Crippen LogP contribution >= 0.6 is 27.5 Å². The van der Waals surface area contributed by atoms with Gasteiger partial charge in [0.25, 0.3) is 0 Å². The van der Waals surface area contributed by atoms with E-state index in [9.17, 15) is 0 Å². The van der Waals surface area contributed by atoms with Gasteiger partial charge in [0.15, 0.2) is 0 Å². The van der Waals surface area contributed by atoms with Crippen molar-refractivity contribution in [1.82, 2.24) is 0 Å². The Balaban J connectivity index is 3.13. The zero-order chi connectivity index (χ0) is 8.43. The molecule has 0 aliphatic carbocycles. The van der Waals surface area contributed by atoms with E-state index in [0.29, 0.717) is 0 Å². The van der Waals surface area contributed by atoms with Crippen LogP contribution in [0.4, 0.5) is 0 Å². The fraction of sp³-hybridized carbons (Fsp3) is 0.222. The quantitative estimate of drug-likeness (QED) is 0.685. The van der Waals surface area contributed by atoms with Gasteiger partial charge < -0.3 is 0 Å². The van der Waals surface area contributed by atoms with E-state index in [2.05, 4.69) is 22.9 Å². The molecule has 1 atom stereocenters. The molecule has 1 unspecified atom stereocenters. The van der Waals surface area contributed by atoms with Crippen LogP contribution in [0.25, 0.3) is 0 Å². The van der Waals surface area contributed by atoms with E-state index in [0.717, 1.165) is 15.1 Å². The van der Waals surface area contributed by atoms with Crippen LogP contribution in [0, 0.1) is 6.92 Å². The Hall–Kier alpha value is -0.0100. The Morgan fingerprint density at radius 1 is 1.55 bits per heavy atom. The summed E-state index contributed by atoms with van der Waals surface area (Å²) >= 11 is 9.31. The average Bonchev–Trinajstić information content (AvgIpc) is 1.94. The number of halogens is 2. The molecule has 2 heteroatoms. The van der Waals surface area contributed by atoms with Gasteiger partial charge in [-0.1, -0.05) is 34.5 Å². The van der Waals surface area contributed by atoms with Crippen molar-refractivity contribution in [2.45, 2.75) is 12.8 Å². The maximum absolute atomic E-state index is 5.93. The van der Waals surface area contributed by atoms with Gasteiger partial charge in [0, 0.05) is 9.50 Å². The van der Waals surface area contributed by atoms with Crippen molar-refractivity contribution in [2.24, 2.45) is 0 Å². The SMILES string of the molecule is [CH2]C(C)c1cc(Br)ccc1Cl. The molecule has 0 amide bonds. The second-order valence-corrected chi connectivity index (χ2v) is 3.89. The van der Waals surface area contributed by atoms with Crippen molar-refractivity contribution in [3.63, 3.8) is 0 Å². The highest BCUT2D eigenvalue weighted by Crippen LogP contribution is 2.26. The Bertz CT molecular complexity index is 256. The van der Waals surface area contributed by atoms with Gasteiger partial charge >= 0.3 is 0 Å². The highest BCUT2D eigenvalue weighted by Gasteiger charge is 2.04. The molecule has 0 N–H and O–H groups in total. The average molecular weight is 233 g/mol. The molecule has 0 heterocycles. The molecule has 11 heavy (non-hydrogen) atoms. The van der Waals surface area contributed by atoms with Crippen molar-refractivity contribution in [3.05, 3.63) is 40.2 Å². The van der Waals surface area contributed by atoms with Crippen LogP contribution < -0.4 is 0 Å². The summed E-state index contributed by atoms with van der Waals surface area (Å²) in [6, 6.07) is 5.80. The minimum atomic E-state index is 0.236. The topological polar surface area (TPSA) is 0 Å². The number of rotatable bonds is 1. The monoisotopic (exact) mass is 231 g/mol. The number of hydrogen-bond donors (Lipinski definition) is 0. The van der Waals surface area contributed by atoms with Crippen LogP contribution in [0.2, 0.25) is 5.02 Å². The number of hydrogen-bond acceptors (Lipinski definition) is 0. The Labute approximate surface area is 80.7 Å². The summed E-state index contributed by atoms with van der Waals surface area (Å²) in [5, 5.41) is 0.788. The third-order valence-electron chi connectivity index (χ3n) is 1.49. The van der Waals surface area contributed by atoms with Crippen molar-refractivity contribution < 1.29 is 0 Å². The molecule has 0 bridgehead atoms. The van der Waals surface area contributed by atoms with E-state index < -0.39 is 0 Å². The first-order valence-electron chi connectivity index (χ1n) is 3.39. The standard InChI is InChI=1S/C9H9BrCl/c1-6(2)8-5-7(10)3-4-9(8)11/h3-6H,1H2,2H3. The van der Waals surface area contributed by atoms with Crippen LogP contribution in [0.1, 0.15) is 18.4 Å². The normalized spacial score (nSPS) is 10.6. The Morgan fingerprint density at radius 3 is 2.64 bits per heavy atom. The van der Waals surface area contributed by atoms with Gasteiger partial charge in [0.1, 0.15) is 0 Å². The lowest BCUT2D eigenvalue weighted by Crippen LogP contribution is -1.88. The predicted molar refractivity (Wildman–Crippen MR) is 52.9 cm³/mol. The molecular formula is C9H9BrCl. The summed E-state index contributed by atoms with van der Waals surface area (Å²) in [5.41, 5.74) is 1.08. The van der Waals surface area contributed by atoms with Crippen LogP contribution in [0.5, 0.6) is 0 Å². The van der Waals surface area contributed by atoms with Crippen LogP contribution in [0.15, 0.2) is 22.7 Å². The highest BCUT2D eigenvalue weighted by atomic mass is 79.9. The summed E-state index contributed by atoms with van der Waals surface area (Å²) in [4.78, 5) is 0. The second kappa shape index (κ2) is 3.59. The fourth-order valence-corrected chi connectivity index (χ4v) is 1.57. The molecule has 0 aromatic heterocycles. The van der Waals surface area contributed by atoms with Crippen molar-refractivity contribution in [2.75, 3.05) is 0 Å². The van der Waals surface area contributed by atoms with Crippen molar-refractivity contribution in [3.8, 4) is 0 Å². The highest BCUT2D eigenvalue weighted by molar-refractivity contribution is 9.10. The molecule has 0 spiro atoms. The third kappa shape index (κ3) is 2.21. The lowest BCUT2D eigenvalue weighted by molar-refractivity contribution is 0.963. The summed E-state index contributed by atoms with van der Waals surface area (Å²) in [5.74, 6) is 0.236. The summed E-state index contributed by atoms with van der Waals surface area (Å²) in [6.07, 6.45) is 0. The fourth-order valence-electron chi connectivity index (χ4n) is 0.892. The molecule has 0 fully saturated rings. The molecule has 0 saturated carbocycles. The van der Waals surface area contributed by atoms with Gasteiger partial charge in [-0.15, -0.1) is 0 Å². The minimum absolute atomic E-state index is 0.236. The van der Waals surface area contributed by atoms with Crippen molar-refractivity contribution in [1.29, 1.82) is 0 Å². The molecule has 1 rings (SSSR count). The zero-order valence-corrected chi connectivity index (χ0v) is 8.61. The molecule has 1 radical (unpaired) electrons. The second-order valence-electron chi connectivity index (χ2n) is 2.57. The van der Waals surface area contributed by atoms with E-state index in [1.54, 1.807) is 0 Å². The maximum Gasteiger partial charge on any atom is 0.0441 e. The molecule has 1 aromatic rings.